The summed E-state index contributed by atoms with van der Waals surface area (Å²) in [6, 6.07) is 8.59. The number of nitrogens with one attached hydrogen (secondary N) is 1. The number of rotatable bonds is 9. The van der Waals surface area contributed by atoms with E-state index in [4.69, 9.17) is 4.74 Å². The van der Waals surface area contributed by atoms with Crippen LogP contribution in [0.25, 0.3) is 0 Å². The molecule has 178 valence electrons. The Hall–Kier alpha value is -2.27. The quantitative estimate of drug-likeness (QED) is 0.541. The van der Waals surface area contributed by atoms with Crippen LogP contribution in [0.4, 0.5) is 11.4 Å². The number of hydrogen-bond acceptors (Lipinski definition) is 7. The minimum Gasteiger partial charge on any atom is -0.379 e. The van der Waals surface area contributed by atoms with Gasteiger partial charge in [-0.05, 0) is 48.9 Å². The molecule has 2 aliphatic heterocycles. The normalized spacial score (nSPS) is 17.3. The number of benzene rings is 1. The van der Waals surface area contributed by atoms with Gasteiger partial charge in [0.1, 0.15) is 0 Å². The summed E-state index contributed by atoms with van der Waals surface area (Å²) in [7, 11) is -3.67. The van der Waals surface area contributed by atoms with Gasteiger partial charge in [-0.1, -0.05) is 6.07 Å². The molecule has 1 aromatic heterocycles. The number of nitrogens with zero attached hydrogens (tertiary/aromatic N) is 2. The summed E-state index contributed by atoms with van der Waals surface area (Å²) in [6.45, 7) is 3.12. The van der Waals surface area contributed by atoms with E-state index >= 15 is 0 Å². The first-order valence-electron chi connectivity index (χ1n) is 11.3. The number of amides is 1. The fraction of sp³-hybridized carbons (Fsp3) is 0.478. The van der Waals surface area contributed by atoms with Gasteiger partial charge in [0, 0.05) is 39.0 Å². The van der Waals surface area contributed by atoms with Crippen LogP contribution >= 0.6 is 11.3 Å². The highest BCUT2D eigenvalue weighted by Crippen LogP contribution is 2.32. The number of thiophene rings is 1. The molecular formula is C23H29N3O5S2. The van der Waals surface area contributed by atoms with E-state index in [-0.39, 0.29) is 23.0 Å². The van der Waals surface area contributed by atoms with Crippen LogP contribution in [0.15, 0.2) is 40.6 Å². The van der Waals surface area contributed by atoms with Gasteiger partial charge in [0.25, 0.3) is 0 Å². The Balaban J connectivity index is 1.47. The molecule has 2 aliphatic rings. The van der Waals surface area contributed by atoms with Gasteiger partial charge in [0.2, 0.25) is 15.9 Å². The monoisotopic (exact) mass is 491 g/mol. The highest BCUT2D eigenvalue weighted by atomic mass is 32.2. The molecule has 0 aliphatic carbocycles. The second-order valence-corrected chi connectivity index (χ2v) is 11.1. The van der Waals surface area contributed by atoms with Crippen molar-refractivity contribution >= 4 is 44.4 Å². The maximum atomic E-state index is 13.1. The highest BCUT2D eigenvalue weighted by molar-refractivity contribution is 7.89. The average molecular weight is 492 g/mol. The third kappa shape index (κ3) is 5.81. The number of sulfonamides is 1. The van der Waals surface area contributed by atoms with E-state index in [0.717, 1.165) is 31.6 Å². The van der Waals surface area contributed by atoms with Crippen molar-refractivity contribution in [3.8, 4) is 0 Å². The first-order chi connectivity index (χ1) is 15.9. The molecule has 1 amide bonds. The maximum absolute atomic E-state index is 13.1. The summed E-state index contributed by atoms with van der Waals surface area (Å²) in [6.07, 6.45) is 3.06. The molecular weight excluding hydrogens is 462 g/mol. The van der Waals surface area contributed by atoms with Gasteiger partial charge in [-0.2, -0.15) is 4.31 Å². The minimum atomic E-state index is -3.67. The Morgan fingerprint density at radius 1 is 1.03 bits per heavy atom. The van der Waals surface area contributed by atoms with Gasteiger partial charge >= 0.3 is 0 Å². The lowest BCUT2D eigenvalue weighted by molar-refractivity contribution is -0.116. The molecule has 33 heavy (non-hydrogen) atoms. The van der Waals surface area contributed by atoms with Gasteiger partial charge in [-0.25, -0.2) is 8.42 Å². The third-order valence-corrected chi connectivity index (χ3v) is 8.71. The van der Waals surface area contributed by atoms with Crippen LogP contribution in [0.2, 0.25) is 0 Å². The minimum absolute atomic E-state index is 0.0363. The molecule has 1 N–H and O–H groups in total. The summed E-state index contributed by atoms with van der Waals surface area (Å²) < 4.78 is 32.9. The highest BCUT2D eigenvalue weighted by Gasteiger charge is 2.28. The smallest absolute Gasteiger partial charge is 0.243 e. The van der Waals surface area contributed by atoms with Crippen molar-refractivity contribution in [2.24, 2.45) is 0 Å². The fourth-order valence-electron chi connectivity index (χ4n) is 4.13. The second-order valence-electron chi connectivity index (χ2n) is 8.19. The lowest BCUT2D eigenvalue weighted by Crippen LogP contribution is -2.40. The molecule has 10 heteroatoms. The Bertz CT molecular complexity index is 1070. The number of ether oxygens (including phenoxy) is 1. The third-order valence-electron chi connectivity index (χ3n) is 5.90. The zero-order valence-electron chi connectivity index (χ0n) is 18.5. The Labute approximate surface area is 198 Å². The number of ketones is 1. The molecule has 2 fully saturated rings. The van der Waals surface area contributed by atoms with E-state index in [2.05, 4.69) is 10.2 Å². The van der Waals surface area contributed by atoms with Crippen molar-refractivity contribution in [3.05, 3.63) is 40.6 Å². The molecule has 4 rings (SSSR count). The Kier molecular flexibility index (Phi) is 7.79. The Morgan fingerprint density at radius 3 is 2.48 bits per heavy atom. The van der Waals surface area contributed by atoms with Crippen molar-refractivity contribution in [2.45, 2.75) is 37.0 Å². The fourth-order valence-corrected chi connectivity index (χ4v) is 6.26. The topological polar surface area (TPSA) is 96.0 Å². The van der Waals surface area contributed by atoms with Crippen molar-refractivity contribution in [3.63, 3.8) is 0 Å². The maximum Gasteiger partial charge on any atom is 0.243 e. The first kappa shape index (κ1) is 23.9. The zero-order valence-corrected chi connectivity index (χ0v) is 20.1. The summed E-state index contributed by atoms with van der Waals surface area (Å²) in [5.41, 5.74) is 1.33. The van der Waals surface area contributed by atoms with Crippen molar-refractivity contribution in [1.82, 2.24) is 4.31 Å². The second kappa shape index (κ2) is 10.8. The van der Waals surface area contributed by atoms with Crippen LogP contribution in [0.1, 0.15) is 41.8 Å². The first-order valence-corrected chi connectivity index (χ1v) is 13.6. The van der Waals surface area contributed by atoms with Crippen molar-refractivity contribution in [2.75, 3.05) is 49.6 Å². The van der Waals surface area contributed by atoms with Crippen molar-refractivity contribution in [1.29, 1.82) is 0 Å². The molecule has 2 saturated heterocycles. The number of morpholine rings is 1. The lowest BCUT2D eigenvalue weighted by atomic mass is 10.1. The van der Waals surface area contributed by atoms with Gasteiger partial charge in [-0.15, -0.1) is 11.3 Å². The molecule has 0 unspecified atom stereocenters. The largest absolute Gasteiger partial charge is 0.379 e. The van der Waals surface area contributed by atoms with Crippen LogP contribution in [0.3, 0.4) is 0 Å². The van der Waals surface area contributed by atoms with Crippen molar-refractivity contribution < 1.29 is 22.7 Å². The van der Waals surface area contributed by atoms with Gasteiger partial charge in [-0.3, -0.25) is 9.59 Å². The summed E-state index contributed by atoms with van der Waals surface area (Å²) in [4.78, 5) is 27.9. The van der Waals surface area contributed by atoms with Crippen LogP contribution in [-0.4, -0.2) is 63.8 Å². The zero-order chi connectivity index (χ0) is 23.3. The van der Waals surface area contributed by atoms with E-state index in [0.29, 0.717) is 49.7 Å². The lowest BCUT2D eigenvalue weighted by Gasteiger charge is -2.27. The van der Waals surface area contributed by atoms with E-state index in [1.54, 1.807) is 24.3 Å². The van der Waals surface area contributed by atoms with Gasteiger partial charge < -0.3 is 15.0 Å². The molecule has 1 aromatic carbocycles. The number of carbonyl (C=O) groups is 2. The summed E-state index contributed by atoms with van der Waals surface area (Å²) >= 11 is 1.40. The number of carbonyl (C=O) groups excluding carboxylic acids is 2. The van der Waals surface area contributed by atoms with E-state index in [9.17, 15) is 18.0 Å². The SMILES string of the molecule is O=C(CCCC(=O)c1cccs1)Nc1cc(S(=O)(=O)N2CCOCC2)ccc1N1CCCC1. The van der Waals surface area contributed by atoms with Crippen LogP contribution < -0.4 is 10.2 Å². The summed E-state index contributed by atoms with van der Waals surface area (Å²) in [5.74, 6) is -0.190. The molecule has 2 aromatic rings. The molecule has 0 radical (unpaired) electrons. The molecule has 0 bridgehead atoms. The van der Waals surface area contributed by atoms with Crippen LogP contribution in [-0.2, 0) is 19.6 Å². The number of anilines is 2. The number of Topliss-reactive ketones (excluding diaryl/α,β-unsaturated/α-hetero) is 1. The average Bonchev–Trinajstić information content (AvgIpc) is 3.54. The predicted octanol–water partition coefficient (Wildman–Crippen LogP) is 3.36. The molecule has 0 atom stereocenters. The van der Waals surface area contributed by atoms with Gasteiger partial charge in [0.05, 0.1) is 34.4 Å². The standard InChI is InChI=1S/C23H29N3O5S2/c27-21(22-6-4-16-32-22)5-3-7-23(28)24-19-17-18(8-9-20(19)25-10-1-2-11-25)33(29,30)26-12-14-31-15-13-26/h4,6,8-9,16-17H,1-3,5,7,10-15H2,(H,24,28). The van der Waals surface area contributed by atoms with Crippen LogP contribution in [0.5, 0.6) is 0 Å². The van der Waals surface area contributed by atoms with Gasteiger partial charge in [0.15, 0.2) is 5.78 Å². The molecule has 3 heterocycles. The molecule has 0 saturated carbocycles. The number of hydrogen-bond donors (Lipinski definition) is 1. The summed E-state index contributed by atoms with van der Waals surface area (Å²) in [5, 5.41) is 4.77. The van der Waals surface area contributed by atoms with E-state index < -0.39 is 10.0 Å². The van der Waals surface area contributed by atoms with E-state index in [1.165, 1.54) is 15.6 Å². The predicted molar refractivity (Wildman–Crippen MR) is 129 cm³/mol. The van der Waals surface area contributed by atoms with Crippen LogP contribution in [0, 0.1) is 0 Å². The Morgan fingerprint density at radius 2 is 1.79 bits per heavy atom. The molecule has 8 nitrogen and oxygen atoms in total. The molecule has 0 spiro atoms. The van der Waals surface area contributed by atoms with E-state index in [1.807, 2.05) is 11.4 Å².